The fourth-order valence-corrected chi connectivity index (χ4v) is 1.66. The number of hydrogen-bond acceptors (Lipinski definition) is 5. The predicted molar refractivity (Wildman–Crippen MR) is 76.4 cm³/mol. The molecule has 2 amide bonds. The number of carboxylic acids is 1. The highest BCUT2D eigenvalue weighted by Crippen LogP contribution is 2.03. The monoisotopic (exact) mass is 303 g/mol. The molecule has 6 N–H and O–H groups in total. The first kappa shape index (κ1) is 19.3. The predicted octanol–water partition coefficient (Wildman–Crippen LogP) is -1.04. The van der Waals surface area contributed by atoms with Crippen molar-refractivity contribution in [2.75, 3.05) is 6.54 Å². The van der Waals surface area contributed by atoms with E-state index in [0.29, 0.717) is 25.8 Å². The maximum Gasteiger partial charge on any atom is 0.325 e. The minimum absolute atomic E-state index is 0.116. The van der Waals surface area contributed by atoms with Gasteiger partial charge in [0, 0.05) is 0 Å². The molecule has 0 saturated heterocycles. The summed E-state index contributed by atoms with van der Waals surface area (Å²) in [4.78, 5) is 34.4. The molecule has 21 heavy (non-hydrogen) atoms. The lowest BCUT2D eigenvalue weighted by molar-refractivity contribution is -0.141. The summed E-state index contributed by atoms with van der Waals surface area (Å²) in [5.74, 6) is -2.17. The third-order valence-electron chi connectivity index (χ3n) is 2.81. The van der Waals surface area contributed by atoms with E-state index >= 15 is 0 Å². The van der Waals surface area contributed by atoms with Gasteiger partial charge in [0.15, 0.2) is 0 Å². The van der Waals surface area contributed by atoms with Crippen LogP contribution in [-0.4, -0.2) is 52.7 Å². The van der Waals surface area contributed by atoms with Crippen molar-refractivity contribution < 1.29 is 24.6 Å². The highest BCUT2D eigenvalue weighted by atomic mass is 16.4. The topological polar surface area (TPSA) is 142 Å². The second-order valence-corrected chi connectivity index (χ2v) is 5.03. The van der Waals surface area contributed by atoms with Crippen molar-refractivity contribution in [3.8, 4) is 0 Å². The van der Waals surface area contributed by atoms with E-state index in [1.165, 1.54) is 13.8 Å². The molecule has 0 aromatic heterocycles. The van der Waals surface area contributed by atoms with Gasteiger partial charge < -0.3 is 26.6 Å². The molecular formula is C13H25N3O5. The Morgan fingerprint density at radius 1 is 1.14 bits per heavy atom. The number of aliphatic hydroxyl groups is 1. The third-order valence-corrected chi connectivity index (χ3v) is 2.81. The first-order valence-electron chi connectivity index (χ1n) is 6.98. The molecule has 0 saturated carbocycles. The van der Waals surface area contributed by atoms with Crippen molar-refractivity contribution >= 4 is 17.8 Å². The summed E-state index contributed by atoms with van der Waals surface area (Å²) in [6, 6.07) is -1.87. The van der Waals surface area contributed by atoms with Gasteiger partial charge in [-0.1, -0.05) is 0 Å². The fraction of sp³-hybridized carbons (Fsp3) is 0.769. The minimum atomic E-state index is -1.15. The van der Waals surface area contributed by atoms with E-state index in [0.717, 1.165) is 0 Å². The van der Waals surface area contributed by atoms with Crippen LogP contribution in [0.1, 0.15) is 39.5 Å². The largest absolute Gasteiger partial charge is 0.480 e. The van der Waals surface area contributed by atoms with Gasteiger partial charge in [0.05, 0.1) is 12.5 Å². The number of hydrogen-bond donors (Lipinski definition) is 5. The van der Waals surface area contributed by atoms with Crippen LogP contribution in [0.4, 0.5) is 0 Å². The lowest BCUT2D eigenvalue weighted by atomic mass is 10.1. The van der Waals surface area contributed by atoms with Gasteiger partial charge in [0.1, 0.15) is 12.1 Å². The maximum atomic E-state index is 12.0. The SMILES string of the molecule is CC(O)CC(=O)N[C@@H](CCCCN)C(=O)N[C@@H](C)C(=O)O. The number of rotatable bonds is 10. The molecule has 1 unspecified atom stereocenters. The number of aliphatic hydroxyl groups excluding tert-OH is 1. The maximum absolute atomic E-state index is 12.0. The normalized spacial score (nSPS) is 14.9. The van der Waals surface area contributed by atoms with Gasteiger partial charge in [-0.05, 0) is 39.7 Å². The van der Waals surface area contributed by atoms with Crippen LogP contribution in [-0.2, 0) is 14.4 Å². The summed E-state index contributed by atoms with van der Waals surface area (Å²) in [6.07, 6.45) is 0.765. The van der Waals surface area contributed by atoms with Gasteiger partial charge in [-0.25, -0.2) is 0 Å². The van der Waals surface area contributed by atoms with E-state index in [2.05, 4.69) is 10.6 Å². The Balaban J connectivity index is 4.59. The Hall–Kier alpha value is -1.67. The molecule has 0 fully saturated rings. The lowest BCUT2D eigenvalue weighted by Crippen LogP contribution is -2.51. The van der Waals surface area contributed by atoms with Crippen molar-refractivity contribution in [1.82, 2.24) is 10.6 Å². The van der Waals surface area contributed by atoms with Gasteiger partial charge in [0.2, 0.25) is 11.8 Å². The van der Waals surface area contributed by atoms with Gasteiger partial charge in [-0.15, -0.1) is 0 Å². The summed E-state index contributed by atoms with van der Waals surface area (Å²) >= 11 is 0. The number of carboxylic acid groups (broad SMARTS) is 1. The highest BCUT2D eigenvalue weighted by Gasteiger charge is 2.24. The molecule has 8 nitrogen and oxygen atoms in total. The molecule has 0 heterocycles. The molecule has 8 heteroatoms. The van der Waals surface area contributed by atoms with E-state index in [4.69, 9.17) is 15.9 Å². The zero-order valence-corrected chi connectivity index (χ0v) is 12.5. The Morgan fingerprint density at radius 3 is 2.24 bits per heavy atom. The van der Waals surface area contributed by atoms with E-state index in [-0.39, 0.29) is 6.42 Å². The first-order valence-corrected chi connectivity index (χ1v) is 6.98. The first-order chi connectivity index (χ1) is 9.77. The van der Waals surface area contributed by atoms with E-state index in [1.54, 1.807) is 0 Å². The summed E-state index contributed by atoms with van der Waals surface area (Å²) in [5, 5.41) is 22.8. The molecule has 0 aromatic carbocycles. The summed E-state index contributed by atoms with van der Waals surface area (Å²) in [6.45, 7) is 3.28. The Morgan fingerprint density at radius 2 is 1.76 bits per heavy atom. The van der Waals surface area contributed by atoms with E-state index in [1.807, 2.05) is 0 Å². The van der Waals surface area contributed by atoms with Crippen molar-refractivity contribution in [2.45, 2.75) is 57.7 Å². The lowest BCUT2D eigenvalue weighted by Gasteiger charge is -2.20. The molecule has 0 spiro atoms. The number of amides is 2. The van der Waals surface area contributed by atoms with Crippen LogP contribution in [0.5, 0.6) is 0 Å². The van der Waals surface area contributed by atoms with E-state index < -0.39 is 36.0 Å². The quantitative estimate of drug-likeness (QED) is 0.326. The van der Waals surface area contributed by atoms with Crippen LogP contribution in [0.2, 0.25) is 0 Å². The minimum Gasteiger partial charge on any atom is -0.480 e. The van der Waals surface area contributed by atoms with Crippen molar-refractivity contribution in [3.63, 3.8) is 0 Å². The Bertz CT molecular complexity index is 360. The molecule has 122 valence electrons. The molecule has 0 aliphatic rings. The van der Waals surface area contributed by atoms with Gasteiger partial charge in [-0.3, -0.25) is 14.4 Å². The number of unbranched alkanes of at least 4 members (excludes halogenated alkanes) is 1. The number of carbonyl (C=O) groups is 3. The number of carbonyl (C=O) groups excluding carboxylic acids is 2. The third kappa shape index (κ3) is 8.98. The molecule has 0 aliphatic carbocycles. The number of nitrogens with two attached hydrogens (primary N) is 1. The molecule has 0 aliphatic heterocycles. The zero-order valence-electron chi connectivity index (χ0n) is 12.5. The molecule has 3 atom stereocenters. The Labute approximate surface area is 124 Å². The fourth-order valence-electron chi connectivity index (χ4n) is 1.66. The molecule has 0 bridgehead atoms. The molecule has 0 radical (unpaired) electrons. The smallest absolute Gasteiger partial charge is 0.325 e. The summed E-state index contributed by atoms with van der Waals surface area (Å²) < 4.78 is 0. The Kier molecular flexibility index (Phi) is 9.31. The summed E-state index contributed by atoms with van der Waals surface area (Å²) in [7, 11) is 0. The number of nitrogens with one attached hydrogen (secondary N) is 2. The van der Waals surface area contributed by atoms with Crippen molar-refractivity contribution in [3.05, 3.63) is 0 Å². The standard InChI is InChI=1S/C13H25N3O5/c1-8(17)7-11(18)16-10(5-3-4-6-14)12(19)15-9(2)13(20)21/h8-10,17H,3-7,14H2,1-2H3,(H,15,19)(H,16,18)(H,20,21)/t8?,9-,10-/m0/s1. The second kappa shape index (κ2) is 10.1. The zero-order chi connectivity index (χ0) is 16.4. The average Bonchev–Trinajstić information content (AvgIpc) is 2.36. The van der Waals surface area contributed by atoms with Crippen LogP contribution in [0.25, 0.3) is 0 Å². The highest BCUT2D eigenvalue weighted by molar-refractivity contribution is 5.90. The molecule has 0 aromatic rings. The molecule has 0 rings (SSSR count). The average molecular weight is 303 g/mol. The van der Waals surface area contributed by atoms with Crippen molar-refractivity contribution in [1.29, 1.82) is 0 Å². The van der Waals surface area contributed by atoms with Gasteiger partial charge >= 0.3 is 5.97 Å². The van der Waals surface area contributed by atoms with E-state index in [9.17, 15) is 14.4 Å². The van der Waals surface area contributed by atoms with Crippen LogP contribution >= 0.6 is 0 Å². The molecular weight excluding hydrogens is 278 g/mol. The van der Waals surface area contributed by atoms with Gasteiger partial charge in [-0.2, -0.15) is 0 Å². The number of aliphatic carboxylic acids is 1. The van der Waals surface area contributed by atoms with Crippen LogP contribution in [0, 0.1) is 0 Å². The van der Waals surface area contributed by atoms with Crippen LogP contribution in [0.15, 0.2) is 0 Å². The van der Waals surface area contributed by atoms with Crippen LogP contribution < -0.4 is 16.4 Å². The summed E-state index contributed by atoms with van der Waals surface area (Å²) in [5.41, 5.74) is 5.38. The van der Waals surface area contributed by atoms with Crippen molar-refractivity contribution in [2.24, 2.45) is 5.73 Å². The van der Waals surface area contributed by atoms with Crippen LogP contribution in [0.3, 0.4) is 0 Å². The second-order valence-electron chi connectivity index (χ2n) is 5.03. The van der Waals surface area contributed by atoms with Gasteiger partial charge in [0.25, 0.3) is 0 Å².